The van der Waals surface area contributed by atoms with Crippen LogP contribution < -0.4 is 11.1 Å². The Bertz CT molecular complexity index is 447. The smallest absolute Gasteiger partial charge is 0.170 e. The molecule has 2 rings (SSSR count). The van der Waals surface area contributed by atoms with E-state index in [1.165, 1.54) is 25.7 Å². The molecule has 0 spiro atoms. The number of nitrogens with one attached hydrogen (secondary N) is 1. The van der Waals surface area contributed by atoms with Crippen LogP contribution in [-0.4, -0.2) is 17.6 Å². The Morgan fingerprint density at radius 1 is 1.42 bits per heavy atom. The molecule has 19 heavy (non-hydrogen) atoms. The predicted molar refractivity (Wildman–Crippen MR) is 77.2 cm³/mol. The molecule has 4 nitrogen and oxygen atoms in total. The second kappa shape index (κ2) is 6.06. The van der Waals surface area contributed by atoms with Crippen LogP contribution in [-0.2, 0) is 6.54 Å². The van der Waals surface area contributed by atoms with E-state index in [9.17, 15) is 0 Å². The fourth-order valence-corrected chi connectivity index (χ4v) is 2.77. The van der Waals surface area contributed by atoms with Crippen molar-refractivity contribution in [2.24, 2.45) is 16.3 Å². The third-order valence-corrected chi connectivity index (χ3v) is 4.38. The van der Waals surface area contributed by atoms with Crippen LogP contribution in [0.2, 0.25) is 0 Å². The van der Waals surface area contributed by atoms with Gasteiger partial charge < -0.3 is 16.3 Å². The second-order valence-corrected chi connectivity index (χ2v) is 5.45. The lowest BCUT2D eigenvalue weighted by molar-refractivity contribution is 0.124. The number of nitrogens with two attached hydrogens (primary N) is 1. The van der Waals surface area contributed by atoms with Crippen molar-refractivity contribution in [1.82, 2.24) is 5.32 Å². The molecule has 1 aromatic rings. The van der Waals surface area contributed by atoms with Crippen LogP contribution in [0.15, 0.2) is 29.4 Å². The number of hydrogen-bond acceptors (Lipinski definition) is 3. The van der Waals surface area contributed by atoms with Crippen LogP contribution in [0.5, 0.6) is 0 Å². The van der Waals surface area contributed by atoms with E-state index in [-0.39, 0.29) is 5.84 Å². The van der Waals surface area contributed by atoms with Crippen molar-refractivity contribution in [1.29, 1.82) is 0 Å². The highest BCUT2D eigenvalue weighted by molar-refractivity contribution is 5.98. The van der Waals surface area contributed by atoms with E-state index in [2.05, 4.69) is 17.4 Å². The molecule has 1 aliphatic carbocycles. The summed E-state index contributed by atoms with van der Waals surface area (Å²) >= 11 is 0. The zero-order valence-corrected chi connectivity index (χ0v) is 11.5. The number of rotatable bonds is 6. The first kappa shape index (κ1) is 13.9. The molecule has 104 valence electrons. The molecule has 0 unspecified atom stereocenters. The van der Waals surface area contributed by atoms with Crippen molar-refractivity contribution in [3.63, 3.8) is 0 Å². The monoisotopic (exact) mass is 261 g/mol. The van der Waals surface area contributed by atoms with E-state index in [1.54, 1.807) is 0 Å². The Morgan fingerprint density at radius 3 is 2.74 bits per heavy atom. The normalized spacial score (nSPS) is 18.1. The third kappa shape index (κ3) is 3.07. The molecule has 1 saturated carbocycles. The van der Waals surface area contributed by atoms with Crippen molar-refractivity contribution < 1.29 is 5.21 Å². The summed E-state index contributed by atoms with van der Waals surface area (Å²) in [5, 5.41) is 15.4. The molecule has 0 aromatic heterocycles. The van der Waals surface area contributed by atoms with Crippen molar-refractivity contribution >= 4 is 5.84 Å². The first-order chi connectivity index (χ1) is 9.21. The van der Waals surface area contributed by atoms with Crippen LogP contribution in [0.1, 0.15) is 43.7 Å². The van der Waals surface area contributed by atoms with Crippen molar-refractivity contribution in [2.75, 3.05) is 6.54 Å². The summed E-state index contributed by atoms with van der Waals surface area (Å²) in [5.74, 6) is 0.172. The molecule has 0 bridgehead atoms. The average molecular weight is 261 g/mol. The maximum absolute atomic E-state index is 8.80. The van der Waals surface area contributed by atoms with Gasteiger partial charge in [-0.15, -0.1) is 0 Å². The van der Waals surface area contributed by atoms with Gasteiger partial charge in [0.25, 0.3) is 0 Å². The number of oxime groups is 1. The largest absolute Gasteiger partial charge is 0.409 e. The van der Waals surface area contributed by atoms with E-state index in [4.69, 9.17) is 10.9 Å². The van der Waals surface area contributed by atoms with Crippen LogP contribution in [0.3, 0.4) is 0 Å². The summed E-state index contributed by atoms with van der Waals surface area (Å²) in [6, 6.07) is 7.77. The summed E-state index contributed by atoms with van der Waals surface area (Å²) < 4.78 is 0. The average Bonchev–Trinajstić information content (AvgIpc) is 2.41. The number of hydrogen-bond donors (Lipinski definition) is 3. The fraction of sp³-hybridized carbons (Fsp3) is 0.533. The molecule has 0 amide bonds. The standard InChI is InChI=1S/C15H23N3O/c1-2-15(8-5-9-15)11-17-10-12-6-3-4-7-13(12)14(16)18-19/h3-4,6-7,17,19H,2,5,8-11H2,1H3,(H2,16,18). The Hall–Kier alpha value is -1.55. The molecule has 1 fully saturated rings. The SMILES string of the molecule is CCC1(CNCc2ccccc2/C(N)=N/O)CCC1. The predicted octanol–water partition coefficient (Wildman–Crippen LogP) is 2.45. The maximum atomic E-state index is 8.80. The molecule has 0 heterocycles. The van der Waals surface area contributed by atoms with Crippen LogP contribution >= 0.6 is 0 Å². The van der Waals surface area contributed by atoms with Crippen molar-refractivity contribution in [3.8, 4) is 0 Å². The summed E-state index contributed by atoms with van der Waals surface area (Å²) in [6.07, 6.45) is 5.26. The van der Waals surface area contributed by atoms with Gasteiger partial charge in [-0.05, 0) is 30.2 Å². The van der Waals surface area contributed by atoms with Crippen LogP contribution in [0, 0.1) is 5.41 Å². The molecule has 0 saturated heterocycles. The minimum atomic E-state index is 0.172. The van der Waals surface area contributed by atoms with E-state index in [1.807, 2.05) is 24.3 Å². The van der Waals surface area contributed by atoms with Crippen molar-refractivity contribution in [2.45, 2.75) is 39.2 Å². The van der Waals surface area contributed by atoms with Gasteiger partial charge >= 0.3 is 0 Å². The quantitative estimate of drug-likeness (QED) is 0.319. The third-order valence-electron chi connectivity index (χ3n) is 4.38. The lowest BCUT2D eigenvalue weighted by Gasteiger charge is -2.41. The van der Waals surface area contributed by atoms with Gasteiger partial charge in [0, 0.05) is 18.7 Å². The van der Waals surface area contributed by atoms with Gasteiger partial charge in [-0.25, -0.2) is 0 Å². The van der Waals surface area contributed by atoms with E-state index >= 15 is 0 Å². The van der Waals surface area contributed by atoms with Crippen molar-refractivity contribution in [3.05, 3.63) is 35.4 Å². The number of benzene rings is 1. The first-order valence-electron chi connectivity index (χ1n) is 6.97. The Labute approximate surface area is 114 Å². The number of amidine groups is 1. The molecule has 4 heteroatoms. The summed E-state index contributed by atoms with van der Waals surface area (Å²) in [5.41, 5.74) is 8.07. The van der Waals surface area contributed by atoms with Gasteiger partial charge in [-0.1, -0.05) is 42.8 Å². The van der Waals surface area contributed by atoms with E-state index in [0.717, 1.165) is 24.2 Å². The molecular weight excluding hydrogens is 238 g/mol. The molecule has 1 aliphatic rings. The molecule has 0 atom stereocenters. The molecule has 0 aliphatic heterocycles. The topological polar surface area (TPSA) is 70.6 Å². The highest BCUT2D eigenvalue weighted by Crippen LogP contribution is 2.43. The molecule has 0 radical (unpaired) electrons. The van der Waals surface area contributed by atoms with Gasteiger partial charge in [-0.3, -0.25) is 0 Å². The highest BCUT2D eigenvalue weighted by Gasteiger charge is 2.34. The summed E-state index contributed by atoms with van der Waals surface area (Å²) in [6.45, 7) is 4.08. The van der Waals surface area contributed by atoms with Gasteiger partial charge in [0.1, 0.15) is 0 Å². The van der Waals surface area contributed by atoms with E-state index < -0.39 is 0 Å². The molecular formula is C15H23N3O. The molecule has 4 N–H and O–H groups in total. The highest BCUT2D eigenvalue weighted by atomic mass is 16.4. The summed E-state index contributed by atoms with van der Waals surface area (Å²) in [7, 11) is 0. The van der Waals surface area contributed by atoms with Gasteiger partial charge in [0.05, 0.1) is 0 Å². The molecule has 1 aromatic carbocycles. The zero-order chi connectivity index (χ0) is 13.7. The first-order valence-corrected chi connectivity index (χ1v) is 6.97. The second-order valence-electron chi connectivity index (χ2n) is 5.45. The maximum Gasteiger partial charge on any atom is 0.170 e. The van der Waals surface area contributed by atoms with Crippen LogP contribution in [0.4, 0.5) is 0 Å². The van der Waals surface area contributed by atoms with Gasteiger partial charge in [0.15, 0.2) is 5.84 Å². The Balaban J connectivity index is 1.96. The fourth-order valence-electron chi connectivity index (χ4n) is 2.77. The minimum Gasteiger partial charge on any atom is -0.409 e. The Kier molecular flexibility index (Phi) is 4.43. The number of nitrogens with zero attached hydrogens (tertiary/aromatic N) is 1. The minimum absolute atomic E-state index is 0.172. The van der Waals surface area contributed by atoms with Gasteiger partial charge in [0.2, 0.25) is 0 Å². The Morgan fingerprint density at radius 2 is 2.16 bits per heavy atom. The lowest BCUT2D eigenvalue weighted by Crippen LogP contribution is -2.39. The summed E-state index contributed by atoms with van der Waals surface area (Å²) in [4.78, 5) is 0. The van der Waals surface area contributed by atoms with Gasteiger partial charge in [-0.2, -0.15) is 0 Å². The zero-order valence-electron chi connectivity index (χ0n) is 11.5. The van der Waals surface area contributed by atoms with E-state index in [0.29, 0.717) is 5.41 Å². The van der Waals surface area contributed by atoms with Crippen LogP contribution in [0.25, 0.3) is 0 Å². The lowest BCUT2D eigenvalue weighted by atomic mass is 9.67.